The summed E-state index contributed by atoms with van der Waals surface area (Å²) in [6.07, 6.45) is 1.80. The molecule has 2 aromatic heterocycles. The van der Waals surface area contributed by atoms with Gasteiger partial charge in [-0.05, 0) is 61.1 Å². The Hall–Kier alpha value is -2.22. The van der Waals surface area contributed by atoms with E-state index in [0.29, 0.717) is 18.3 Å². The highest BCUT2D eigenvalue weighted by Crippen LogP contribution is 2.41. The average Bonchev–Trinajstić information content (AvgIpc) is 3.31. The lowest BCUT2D eigenvalue weighted by molar-refractivity contribution is 0.158. The molecular weight excluding hydrogens is 450 g/mol. The zero-order valence-corrected chi connectivity index (χ0v) is 18.7. The number of methoxy groups -OCH3 is 1. The van der Waals surface area contributed by atoms with Gasteiger partial charge in [0, 0.05) is 29.9 Å². The molecule has 1 saturated heterocycles. The molecule has 1 aromatic carbocycles. The zero-order chi connectivity index (χ0) is 20.4. The predicted octanol–water partition coefficient (Wildman–Crippen LogP) is 5.03. The summed E-state index contributed by atoms with van der Waals surface area (Å²) in [5, 5.41) is 4.09. The Morgan fingerprint density at radius 3 is 2.83 bits per heavy atom. The van der Waals surface area contributed by atoms with E-state index in [1.165, 1.54) is 5.56 Å². The second-order valence-electron chi connectivity index (χ2n) is 7.00. The van der Waals surface area contributed by atoms with Crippen LogP contribution < -0.4 is 5.32 Å². The molecule has 0 spiro atoms. The highest BCUT2D eigenvalue weighted by molar-refractivity contribution is 9.10. The van der Waals surface area contributed by atoms with Crippen LogP contribution in [-0.2, 0) is 4.74 Å². The van der Waals surface area contributed by atoms with Crippen molar-refractivity contribution in [2.45, 2.75) is 19.0 Å². The fraction of sp³-hybridized carbons (Fsp3) is 0.273. The van der Waals surface area contributed by atoms with Crippen LogP contribution in [0.4, 0.5) is 0 Å². The minimum absolute atomic E-state index is 0.0963. The van der Waals surface area contributed by atoms with Crippen LogP contribution >= 0.6 is 28.1 Å². The lowest BCUT2D eigenvalue weighted by Crippen LogP contribution is -2.32. The Morgan fingerprint density at radius 2 is 2.10 bits per heavy atom. The topological polar surface area (TPSA) is 50.5 Å². The number of furan rings is 1. The number of nitrogens with zero attached hydrogens (tertiary/aromatic N) is 2. The van der Waals surface area contributed by atoms with Gasteiger partial charge in [0.15, 0.2) is 5.11 Å². The van der Waals surface area contributed by atoms with Gasteiger partial charge in [0.25, 0.3) is 0 Å². The Morgan fingerprint density at radius 1 is 1.24 bits per heavy atom. The molecule has 2 atom stereocenters. The SMILES string of the molecule is COCCN1C(=S)N[C@@H](c2ccccn2)[C@@H]1c1ccc(-c2ccc(C)cc2Br)o1. The van der Waals surface area contributed by atoms with Crippen LogP contribution in [0.25, 0.3) is 11.3 Å². The molecule has 150 valence electrons. The first-order valence-electron chi connectivity index (χ1n) is 9.41. The van der Waals surface area contributed by atoms with E-state index < -0.39 is 0 Å². The molecule has 7 heteroatoms. The van der Waals surface area contributed by atoms with Crippen LogP contribution in [0.5, 0.6) is 0 Å². The summed E-state index contributed by atoms with van der Waals surface area (Å²) in [5.41, 5.74) is 3.14. The lowest BCUT2D eigenvalue weighted by Gasteiger charge is -2.25. The number of aryl methyl sites for hydroxylation is 1. The van der Waals surface area contributed by atoms with Crippen LogP contribution in [0.15, 0.2) is 63.6 Å². The summed E-state index contributed by atoms with van der Waals surface area (Å²) >= 11 is 9.28. The fourth-order valence-corrected chi connectivity index (χ4v) is 4.64. The summed E-state index contributed by atoms with van der Waals surface area (Å²) in [6.45, 7) is 3.31. The first-order valence-corrected chi connectivity index (χ1v) is 10.6. The van der Waals surface area contributed by atoms with E-state index >= 15 is 0 Å². The molecule has 5 nitrogen and oxygen atoms in total. The number of pyridine rings is 1. The summed E-state index contributed by atoms with van der Waals surface area (Å²) in [5.74, 6) is 1.66. The zero-order valence-electron chi connectivity index (χ0n) is 16.3. The van der Waals surface area contributed by atoms with Gasteiger partial charge in [0.2, 0.25) is 0 Å². The van der Waals surface area contributed by atoms with E-state index in [1.54, 1.807) is 13.3 Å². The normalized spacial score (nSPS) is 18.9. The number of aromatic nitrogens is 1. The van der Waals surface area contributed by atoms with Crippen LogP contribution in [-0.4, -0.2) is 35.3 Å². The summed E-state index contributed by atoms with van der Waals surface area (Å²) in [6, 6.07) is 16.0. The molecule has 0 aliphatic carbocycles. The second-order valence-corrected chi connectivity index (χ2v) is 8.24. The molecule has 0 saturated carbocycles. The molecule has 4 rings (SSSR count). The van der Waals surface area contributed by atoms with E-state index in [0.717, 1.165) is 27.3 Å². The van der Waals surface area contributed by atoms with Crippen LogP contribution in [0.2, 0.25) is 0 Å². The van der Waals surface area contributed by atoms with Crippen molar-refractivity contribution in [1.29, 1.82) is 0 Å². The van der Waals surface area contributed by atoms with Crippen molar-refractivity contribution in [2.24, 2.45) is 0 Å². The number of hydrogen-bond acceptors (Lipinski definition) is 4. The number of nitrogens with one attached hydrogen (secondary N) is 1. The van der Waals surface area contributed by atoms with Crippen LogP contribution in [0.1, 0.15) is 29.1 Å². The first-order chi connectivity index (χ1) is 14.1. The first kappa shape index (κ1) is 20.1. The van der Waals surface area contributed by atoms with Crippen molar-refractivity contribution in [3.8, 4) is 11.3 Å². The van der Waals surface area contributed by atoms with Crippen molar-refractivity contribution in [2.75, 3.05) is 20.3 Å². The number of thiocarbonyl (C=S) groups is 1. The van der Waals surface area contributed by atoms with E-state index in [2.05, 4.69) is 56.3 Å². The van der Waals surface area contributed by atoms with Gasteiger partial charge in [-0.3, -0.25) is 4.98 Å². The maximum absolute atomic E-state index is 6.34. The third-order valence-corrected chi connectivity index (χ3v) is 6.05. The molecule has 1 fully saturated rings. The molecule has 1 N–H and O–H groups in total. The Balaban J connectivity index is 1.72. The number of ether oxygens (including phenoxy) is 1. The number of halogens is 1. The van der Waals surface area contributed by atoms with E-state index in [1.807, 2.05) is 30.3 Å². The van der Waals surface area contributed by atoms with E-state index in [4.69, 9.17) is 21.4 Å². The molecule has 1 aliphatic heterocycles. The highest BCUT2D eigenvalue weighted by atomic mass is 79.9. The summed E-state index contributed by atoms with van der Waals surface area (Å²) < 4.78 is 12.7. The van der Waals surface area contributed by atoms with Gasteiger partial charge in [-0.1, -0.05) is 28.1 Å². The summed E-state index contributed by atoms with van der Waals surface area (Å²) in [7, 11) is 1.69. The average molecular weight is 472 g/mol. The maximum Gasteiger partial charge on any atom is 0.170 e. The lowest BCUT2D eigenvalue weighted by atomic mass is 10.0. The van der Waals surface area contributed by atoms with Crippen molar-refractivity contribution in [1.82, 2.24) is 15.2 Å². The van der Waals surface area contributed by atoms with Crippen molar-refractivity contribution >= 4 is 33.3 Å². The summed E-state index contributed by atoms with van der Waals surface area (Å²) in [4.78, 5) is 6.66. The quantitative estimate of drug-likeness (QED) is 0.508. The molecule has 0 radical (unpaired) electrons. The van der Waals surface area contributed by atoms with Crippen molar-refractivity contribution in [3.05, 3.63) is 76.2 Å². The van der Waals surface area contributed by atoms with E-state index in [-0.39, 0.29) is 12.1 Å². The minimum atomic E-state index is -0.106. The van der Waals surface area contributed by atoms with Gasteiger partial charge in [0.1, 0.15) is 17.6 Å². The minimum Gasteiger partial charge on any atom is -0.459 e. The van der Waals surface area contributed by atoms with Gasteiger partial charge in [0.05, 0.1) is 18.3 Å². The molecule has 29 heavy (non-hydrogen) atoms. The Bertz CT molecular complexity index is 1010. The highest BCUT2D eigenvalue weighted by Gasteiger charge is 2.41. The maximum atomic E-state index is 6.34. The third kappa shape index (κ3) is 4.08. The molecule has 0 amide bonds. The Kier molecular flexibility index (Phi) is 5.99. The van der Waals surface area contributed by atoms with Gasteiger partial charge in [-0.2, -0.15) is 0 Å². The predicted molar refractivity (Wildman–Crippen MR) is 121 cm³/mol. The monoisotopic (exact) mass is 471 g/mol. The largest absolute Gasteiger partial charge is 0.459 e. The van der Waals surface area contributed by atoms with Crippen LogP contribution in [0, 0.1) is 6.92 Å². The van der Waals surface area contributed by atoms with Crippen LogP contribution in [0.3, 0.4) is 0 Å². The van der Waals surface area contributed by atoms with Gasteiger partial charge in [-0.25, -0.2) is 0 Å². The molecule has 3 aromatic rings. The number of benzene rings is 1. The van der Waals surface area contributed by atoms with Crippen molar-refractivity contribution < 1.29 is 9.15 Å². The molecule has 1 aliphatic rings. The molecule has 0 bridgehead atoms. The number of rotatable bonds is 6. The number of hydrogen-bond donors (Lipinski definition) is 1. The Labute approximate surface area is 184 Å². The molecule has 3 heterocycles. The molecular formula is C22H22BrN3O2S. The van der Waals surface area contributed by atoms with Gasteiger partial charge < -0.3 is 19.4 Å². The molecule has 0 unspecified atom stereocenters. The van der Waals surface area contributed by atoms with Crippen molar-refractivity contribution in [3.63, 3.8) is 0 Å². The fourth-order valence-electron chi connectivity index (χ4n) is 3.62. The smallest absolute Gasteiger partial charge is 0.170 e. The standard InChI is InChI=1S/C22H22BrN3O2S/c1-14-6-7-15(16(23)13-14)18-8-9-19(28-18)21-20(17-5-3-4-10-24-17)25-22(29)26(21)11-12-27-2/h3-10,13,20-21H,11-12H2,1-2H3,(H,25,29)/t20-,21-/m0/s1. The second kappa shape index (κ2) is 8.65. The van der Waals surface area contributed by atoms with Gasteiger partial charge in [-0.15, -0.1) is 0 Å². The van der Waals surface area contributed by atoms with E-state index in [9.17, 15) is 0 Å². The van der Waals surface area contributed by atoms with Gasteiger partial charge >= 0.3 is 0 Å². The third-order valence-electron chi connectivity index (χ3n) is 5.04.